The first-order valence-corrected chi connectivity index (χ1v) is 13.4. The average Bonchev–Trinajstić information content (AvgIpc) is 3.19. The molecule has 3 aromatic carbocycles. The molecule has 9 heteroatoms. The molecule has 0 radical (unpaired) electrons. The summed E-state index contributed by atoms with van der Waals surface area (Å²) in [6, 6.07) is 16.8. The quantitative estimate of drug-likeness (QED) is 0.302. The molecular formula is C31H30F5N3O. The number of likely N-dealkylation sites (tertiary alicyclic amines) is 1. The van der Waals surface area contributed by atoms with Gasteiger partial charge in [0.05, 0.1) is 5.56 Å². The number of benzene rings is 3. The molecule has 3 aromatic rings. The molecule has 2 aliphatic rings. The maximum absolute atomic E-state index is 13.9. The molecule has 0 aliphatic carbocycles. The van der Waals surface area contributed by atoms with E-state index in [0.717, 1.165) is 50.2 Å². The Hall–Kier alpha value is -3.59. The van der Waals surface area contributed by atoms with Gasteiger partial charge in [0.1, 0.15) is 17.5 Å². The highest BCUT2D eigenvalue weighted by atomic mass is 19.4. The number of alkyl halides is 3. The number of hydrogen-bond donors (Lipinski definition) is 0. The number of nitrogens with zero attached hydrogens (tertiary/aromatic N) is 3. The van der Waals surface area contributed by atoms with Crippen LogP contribution in [0.5, 0.6) is 0 Å². The summed E-state index contributed by atoms with van der Waals surface area (Å²) in [7, 11) is 0. The molecule has 40 heavy (non-hydrogen) atoms. The van der Waals surface area contributed by atoms with Crippen molar-refractivity contribution in [2.75, 3.05) is 26.2 Å². The summed E-state index contributed by atoms with van der Waals surface area (Å²) in [6.45, 7) is 4.61. The van der Waals surface area contributed by atoms with Crippen LogP contribution in [-0.2, 0) is 16.5 Å². The maximum atomic E-state index is 13.9. The lowest BCUT2D eigenvalue weighted by Gasteiger charge is -2.33. The van der Waals surface area contributed by atoms with E-state index >= 15 is 0 Å². The van der Waals surface area contributed by atoms with Gasteiger partial charge < -0.3 is 4.90 Å². The number of aliphatic imine (C=N–C) groups is 1. The van der Waals surface area contributed by atoms with E-state index in [1.165, 1.54) is 48.5 Å². The first-order valence-electron chi connectivity index (χ1n) is 13.4. The first kappa shape index (κ1) is 28.0. The van der Waals surface area contributed by atoms with Crippen molar-refractivity contribution in [3.05, 3.63) is 107 Å². The summed E-state index contributed by atoms with van der Waals surface area (Å²) in [5.74, 6) is -0.352. The second-order valence-electron chi connectivity index (χ2n) is 10.4. The number of hydrogen-bond acceptors (Lipinski definition) is 3. The Kier molecular flexibility index (Phi) is 7.77. The van der Waals surface area contributed by atoms with Gasteiger partial charge in [-0.25, -0.2) is 13.8 Å². The summed E-state index contributed by atoms with van der Waals surface area (Å²) in [5, 5.41) is 0. The van der Waals surface area contributed by atoms with E-state index in [1.807, 2.05) is 0 Å². The van der Waals surface area contributed by atoms with Gasteiger partial charge in [-0.3, -0.25) is 9.69 Å². The molecule has 1 fully saturated rings. The third-order valence-electron chi connectivity index (χ3n) is 7.95. The second kappa shape index (κ2) is 11.1. The van der Waals surface area contributed by atoms with Crippen molar-refractivity contribution in [3.63, 3.8) is 0 Å². The molecule has 0 spiro atoms. The fraction of sp³-hybridized carbons (Fsp3) is 0.355. The van der Waals surface area contributed by atoms with Crippen LogP contribution in [0.4, 0.5) is 22.0 Å². The largest absolute Gasteiger partial charge is 0.416 e. The zero-order valence-electron chi connectivity index (χ0n) is 22.1. The highest BCUT2D eigenvalue weighted by Crippen LogP contribution is 2.40. The van der Waals surface area contributed by atoms with Crippen LogP contribution in [0.15, 0.2) is 77.8 Å². The Bertz CT molecular complexity index is 1310. The van der Waals surface area contributed by atoms with Crippen LogP contribution in [-0.4, -0.2) is 47.7 Å². The number of rotatable bonds is 7. The van der Waals surface area contributed by atoms with Crippen LogP contribution in [0.3, 0.4) is 0 Å². The third kappa shape index (κ3) is 5.52. The number of piperidine rings is 1. The van der Waals surface area contributed by atoms with Gasteiger partial charge in [0.15, 0.2) is 5.54 Å². The highest BCUT2D eigenvalue weighted by molar-refractivity contribution is 6.09. The van der Waals surface area contributed by atoms with E-state index in [-0.39, 0.29) is 11.8 Å². The molecule has 0 atom stereocenters. The summed E-state index contributed by atoms with van der Waals surface area (Å²) in [4.78, 5) is 22.6. The molecule has 2 aliphatic heterocycles. The van der Waals surface area contributed by atoms with Crippen molar-refractivity contribution < 1.29 is 26.7 Å². The summed E-state index contributed by atoms with van der Waals surface area (Å²) >= 11 is 0. The van der Waals surface area contributed by atoms with Crippen LogP contribution in [0.1, 0.15) is 54.4 Å². The number of halogens is 5. The molecule has 1 saturated heterocycles. The first-order chi connectivity index (χ1) is 19.1. The predicted octanol–water partition coefficient (Wildman–Crippen LogP) is 6.76. The normalized spacial score (nSPS) is 18.3. The molecule has 0 bridgehead atoms. The molecule has 4 nitrogen and oxygen atoms in total. The van der Waals surface area contributed by atoms with Gasteiger partial charge in [-0.15, -0.1) is 0 Å². The fourth-order valence-corrected chi connectivity index (χ4v) is 5.77. The van der Waals surface area contributed by atoms with Gasteiger partial charge in [-0.2, -0.15) is 13.2 Å². The van der Waals surface area contributed by atoms with Crippen LogP contribution < -0.4 is 0 Å². The van der Waals surface area contributed by atoms with Crippen LogP contribution >= 0.6 is 0 Å². The Morgan fingerprint density at radius 3 is 1.85 bits per heavy atom. The Labute approximate surface area is 230 Å². The summed E-state index contributed by atoms with van der Waals surface area (Å²) in [5.41, 5.74) is -0.0896. The number of amidine groups is 1. The lowest BCUT2D eigenvalue weighted by Crippen LogP contribution is -2.43. The molecule has 0 saturated carbocycles. The van der Waals surface area contributed by atoms with Gasteiger partial charge in [0, 0.05) is 6.54 Å². The molecule has 0 N–H and O–H groups in total. The minimum absolute atomic E-state index is 0.222. The molecule has 0 unspecified atom stereocenters. The van der Waals surface area contributed by atoms with Crippen molar-refractivity contribution in [1.29, 1.82) is 0 Å². The molecule has 0 aromatic heterocycles. The minimum atomic E-state index is -4.33. The van der Waals surface area contributed by atoms with Gasteiger partial charge in [0.2, 0.25) is 0 Å². The zero-order chi connectivity index (χ0) is 28.5. The van der Waals surface area contributed by atoms with E-state index in [4.69, 9.17) is 4.99 Å². The Morgan fingerprint density at radius 1 is 0.825 bits per heavy atom. The lowest BCUT2D eigenvalue weighted by atomic mass is 9.82. The van der Waals surface area contributed by atoms with E-state index in [2.05, 4.69) is 4.90 Å². The van der Waals surface area contributed by atoms with Gasteiger partial charge >= 0.3 is 6.18 Å². The maximum Gasteiger partial charge on any atom is 0.416 e. The topological polar surface area (TPSA) is 35.9 Å². The fourth-order valence-electron chi connectivity index (χ4n) is 5.77. The van der Waals surface area contributed by atoms with E-state index in [1.54, 1.807) is 24.0 Å². The number of amides is 1. The van der Waals surface area contributed by atoms with E-state index in [9.17, 15) is 26.7 Å². The van der Waals surface area contributed by atoms with Gasteiger partial charge in [0.25, 0.3) is 5.91 Å². The SMILES string of the molecule is CC1=NC(c2ccc(F)cc2)(c2ccc(F)cc2)C(=O)N1CCCN1CCC(c2ccc(C(F)(F)F)cc2)CC1. The molecule has 2 heterocycles. The van der Waals surface area contributed by atoms with Gasteiger partial charge in [-0.1, -0.05) is 36.4 Å². The monoisotopic (exact) mass is 555 g/mol. The average molecular weight is 556 g/mol. The predicted molar refractivity (Wildman–Crippen MR) is 143 cm³/mol. The van der Waals surface area contributed by atoms with Crippen molar-refractivity contribution in [2.24, 2.45) is 4.99 Å². The minimum Gasteiger partial charge on any atom is -0.303 e. The molecule has 210 valence electrons. The number of carbonyl (C=O) groups excluding carboxylic acids is 1. The molecule has 1 amide bonds. The van der Waals surface area contributed by atoms with Crippen molar-refractivity contribution in [2.45, 2.75) is 43.8 Å². The highest BCUT2D eigenvalue weighted by Gasteiger charge is 2.49. The molecular weight excluding hydrogens is 525 g/mol. The van der Waals surface area contributed by atoms with Crippen LogP contribution in [0.25, 0.3) is 0 Å². The zero-order valence-corrected chi connectivity index (χ0v) is 22.1. The van der Waals surface area contributed by atoms with E-state index in [0.29, 0.717) is 29.9 Å². The summed E-state index contributed by atoms with van der Waals surface area (Å²) in [6.07, 6.45) is -1.93. The van der Waals surface area contributed by atoms with Crippen molar-refractivity contribution in [1.82, 2.24) is 9.80 Å². The van der Waals surface area contributed by atoms with Crippen LogP contribution in [0.2, 0.25) is 0 Å². The molecule has 5 rings (SSSR count). The smallest absolute Gasteiger partial charge is 0.303 e. The lowest BCUT2D eigenvalue weighted by molar-refractivity contribution is -0.137. The second-order valence-corrected chi connectivity index (χ2v) is 10.4. The Balaban J connectivity index is 1.21. The number of carbonyl (C=O) groups is 1. The summed E-state index contributed by atoms with van der Waals surface area (Å²) < 4.78 is 66.0. The van der Waals surface area contributed by atoms with Crippen LogP contribution in [0, 0.1) is 11.6 Å². The third-order valence-corrected chi connectivity index (χ3v) is 7.95. The standard InChI is InChI=1S/C31H30F5N3O/c1-21-37-30(24-7-11-27(32)12-8-24,25-9-13-28(33)14-10-25)29(40)39(21)18-2-17-38-19-15-23(16-20-38)22-3-5-26(6-4-22)31(34,35)36/h3-14,23H,2,15-20H2,1H3. The van der Waals surface area contributed by atoms with E-state index < -0.39 is 28.9 Å². The van der Waals surface area contributed by atoms with Gasteiger partial charge in [-0.05, 0) is 105 Å². The van der Waals surface area contributed by atoms with Crippen molar-refractivity contribution in [3.8, 4) is 0 Å². The van der Waals surface area contributed by atoms with Crippen molar-refractivity contribution >= 4 is 11.7 Å². The Morgan fingerprint density at radius 2 is 1.35 bits per heavy atom.